The maximum Gasteiger partial charge on any atom is 0.356 e. The predicted octanol–water partition coefficient (Wildman–Crippen LogP) is 1.58. The van der Waals surface area contributed by atoms with Gasteiger partial charge in [-0.05, 0) is 12.8 Å². The lowest BCUT2D eigenvalue weighted by molar-refractivity contribution is 0.0690. The second-order valence-electron chi connectivity index (χ2n) is 3.42. The van der Waals surface area contributed by atoms with Gasteiger partial charge in [0.05, 0.1) is 12.4 Å². The van der Waals surface area contributed by atoms with Crippen LogP contribution in [-0.2, 0) is 0 Å². The molecule has 1 N–H and O–H groups in total. The van der Waals surface area contributed by atoms with E-state index < -0.39 is 5.97 Å². The normalized spacial score (nSPS) is 9.81. The molecule has 0 saturated heterocycles. The van der Waals surface area contributed by atoms with E-state index in [0.717, 1.165) is 19.4 Å². The molecule has 0 aliphatic rings. The van der Waals surface area contributed by atoms with Gasteiger partial charge in [-0.3, -0.25) is 4.98 Å². The van der Waals surface area contributed by atoms with E-state index in [9.17, 15) is 4.79 Å². The maximum atomic E-state index is 10.7. The Hall–Kier alpha value is -1.91. The lowest BCUT2D eigenvalue weighted by atomic mass is 10.3. The molecule has 0 spiro atoms. The van der Waals surface area contributed by atoms with E-state index >= 15 is 0 Å². The first-order valence-corrected chi connectivity index (χ1v) is 5.02. The molecule has 0 saturated carbocycles. The molecule has 1 aromatic rings. The number of aromatic nitrogens is 2. The third kappa shape index (κ3) is 3.34. The van der Waals surface area contributed by atoms with E-state index in [0.29, 0.717) is 5.82 Å². The molecule has 0 aromatic carbocycles. The smallest absolute Gasteiger partial charge is 0.356 e. The highest BCUT2D eigenvalue weighted by molar-refractivity contribution is 5.85. The number of carbonyl (C=O) groups is 1. The van der Waals surface area contributed by atoms with Crippen LogP contribution in [0.2, 0.25) is 0 Å². The number of nitrogens with zero attached hydrogens (tertiary/aromatic N) is 3. The van der Waals surface area contributed by atoms with Crippen LogP contribution in [0.5, 0.6) is 0 Å². The van der Waals surface area contributed by atoms with Crippen molar-refractivity contribution in [1.29, 1.82) is 0 Å². The Labute approximate surface area is 94.5 Å². The summed E-state index contributed by atoms with van der Waals surface area (Å²) in [4.78, 5) is 20.4. The minimum atomic E-state index is -1.06. The summed E-state index contributed by atoms with van der Waals surface area (Å²) >= 11 is 0. The summed E-state index contributed by atoms with van der Waals surface area (Å²) < 4.78 is 0. The van der Waals surface area contributed by atoms with Crippen molar-refractivity contribution in [3.63, 3.8) is 0 Å². The number of allylic oxidation sites excluding steroid dienone is 1. The van der Waals surface area contributed by atoms with E-state index in [2.05, 4.69) is 16.5 Å². The van der Waals surface area contributed by atoms with Crippen molar-refractivity contribution < 1.29 is 9.90 Å². The molecule has 0 unspecified atom stereocenters. The molecular weight excluding hydrogens is 206 g/mol. The average Bonchev–Trinajstić information content (AvgIpc) is 2.29. The summed E-state index contributed by atoms with van der Waals surface area (Å²) in [6, 6.07) is 0. The van der Waals surface area contributed by atoms with Gasteiger partial charge in [0.15, 0.2) is 5.69 Å². The van der Waals surface area contributed by atoms with Gasteiger partial charge in [-0.15, -0.1) is 6.58 Å². The Bertz CT molecular complexity index is 379. The van der Waals surface area contributed by atoms with Crippen molar-refractivity contribution in [3.05, 3.63) is 30.7 Å². The molecule has 1 rings (SSSR count). The number of rotatable bonds is 6. The zero-order valence-electron chi connectivity index (χ0n) is 9.26. The maximum absolute atomic E-state index is 10.7. The highest BCUT2D eigenvalue weighted by atomic mass is 16.4. The highest BCUT2D eigenvalue weighted by Gasteiger charge is 2.08. The molecular formula is C11H15N3O2. The van der Waals surface area contributed by atoms with Crippen molar-refractivity contribution in [2.45, 2.75) is 12.8 Å². The summed E-state index contributed by atoms with van der Waals surface area (Å²) in [6.45, 7) is 4.44. The summed E-state index contributed by atoms with van der Waals surface area (Å²) in [5.74, 6) is -0.488. The second-order valence-corrected chi connectivity index (χ2v) is 3.42. The quantitative estimate of drug-likeness (QED) is 0.583. The van der Waals surface area contributed by atoms with Gasteiger partial charge in [-0.1, -0.05) is 6.08 Å². The van der Waals surface area contributed by atoms with Crippen molar-refractivity contribution in [2.24, 2.45) is 0 Å². The topological polar surface area (TPSA) is 66.3 Å². The Morgan fingerprint density at radius 3 is 3.00 bits per heavy atom. The first kappa shape index (κ1) is 12.2. The molecule has 1 heterocycles. The zero-order chi connectivity index (χ0) is 12.0. The Morgan fingerprint density at radius 1 is 1.62 bits per heavy atom. The van der Waals surface area contributed by atoms with Crippen molar-refractivity contribution >= 4 is 11.8 Å². The molecule has 0 aliphatic carbocycles. The number of carboxylic acids is 1. The molecule has 5 nitrogen and oxygen atoms in total. The minimum absolute atomic E-state index is 0.0342. The fourth-order valence-corrected chi connectivity index (χ4v) is 1.23. The largest absolute Gasteiger partial charge is 0.476 e. The summed E-state index contributed by atoms with van der Waals surface area (Å²) in [5, 5.41) is 8.77. The van der Waals surface area contributed by atoms with Crippen LogP contribution in [-0.4, -0.2) is 34.6 Å². The lowest BCUT2D eigenvalue weighted by Crippen LogP contribution is -2.20. The predicted molar refractivity (Wildman–Crippen MR) is 61.7 cm³/mol. The summed E-state index contributed by atoms with van der Waals surface area (Å²) in [5.41, 5.74) is -0.0342. The van der Waals surface area contributed by atoms with Crippen LogP contribution >= 0.6 is 0 Å². The standard InChI is InChI=1S/C11H15N3O2/c1-3-4-5-6-14(2)10-8-12-7-9(13-10)11(15)16/h3,7-8H,1,4-6H2,2H3,(H,15,16). The molecule has 0 fully saturated rings. The Balaban J connectivity index is 2.67. The van der Waals surface area contributed by atoms with E-state index in [-0.39, 0.29) is 5.69 Å². The molecule has 0 bridgehead atoms. The summed E-state index contributed by atoms with van der Waals surface area (Å²) in [6.07, 6.45) is 6.53. The third-order valence-corrected chi connectivity index (χ3v) is 2.13. The van der Waals surface area contributed by atoms with Crippen LogP contribution in [0.3, 0.4) is 0 Å². The number of anilines is 1. The minimum Gasteiger partial charge on any atom is -0.476 e. The SMILES string of the molecule is C=CCCCN(C)c1cncc(C(=O)O)n1. The van der Waals surface area contributed by atoms with Gasteiger partial charge in [0.1, 0.15) is 5.82 Å². The van der Waals surface area contributed by atoms with E-state index in [1.807, 2.05) is 18.0 Å². The van der Waals surface area contributed by atoms with Crippen LogP contribution in [0.15, 0.2) is 25.0 Å². The van der Waals surface area contributed by atoms with Gasteiger partial charge in [-0.25, -0.2) is 9.78 Å². The Kier molecular flexibility index (Phi) is 4.44. The van der Waals surface area contributed by atoms with Crippen LogP contribution < -0.4 is 4.90 Å². The van der Waals surface area contributed by atoms with E-state index in [1.54, 1.807) is 6.20 Å². The van der Waals surface area contributed by atoms with Gasteiger partial charge in [0.25, 0.3) is 0 Å². The van der Waals surface area contributed by atoms with Crippen LogP contribution in [0, 0.1) is 0 Å². The molecule has 5 heteroatoms. The molecule has 1 aromatic heterocycles. The molecule has 86 valence electrons. The fourth-order valence-electron chi connectivity index (χ4n) is 1.23. The first-order valence-electron chi connectivity index (χ1n) is 5.02. The van der Waals surface area contributed by atoms with Gasteiger partial charge in [-0.2, -0.15) is 0 Å². The van der Waals surface area contributed by atoms with Crippen LogP contribution in [0.1, 0.15) is 23.3 Å². The fraction of sp³-hybridized carbons (Fsp3) is 0.364. The molecule has 16 heavy (non-hydrogen) atoms. The van der Waals surface area contributed by atoms with Crippen molar-refractivity contribution in [3.8, 4) is 0 Å². The molecule has 0 amide bonds. The number of carboxylic acid groups (broad SMARTS) is 1. The van der Waals surface area contributed by atoms with Crippen LogP contribution in [0.4, 0.5) is 5.82 Å². The number of hydrogen-bond donors (Lipinski definition) is 1. The molecule has 0 aliphatic heterocycles. The molecule has 0 radical (unpaired) electrons. The number of unbranched alkanes of at least 4 members (excludes halogenated alkanes) is 1. The third-order valence-electron chi connectivity index (χ3n) is 2.13. The Morgan fingerprint density at radius 2 is 2.38 bits per heavy atom. The van der Waals surface area contributed by atoms with Gasteiger partial charge in [0, 0.05) is 13.6 Å². The van der Waals surface area contributed by atoms with Gasteiger partial charge in [0.2, 0.25) is 0 Å². The van der Waals surface area contributed by atoms with Crippen molar-refractivity contribution in [2.75, 3.05) is 18.5 Å². The van der Waals surface area contributed by atoms with Crippen LogP contribution in [0.25, 0.3) is 0 Å². The first-order chi connectivity index (χ1) is 7.65. The number of hydrogen-bond acceptors (Lipinski definition) is 4. The summed E-state index contributed by atoms with van der Waals surface area (Å²) in [7, 11) is 1.86. The lowest BCUT2D eigenvalue weighted by Gasteiger charge is -2.17. The number of aromatic carboxylic acids is 1. The van der Waals surface area contributed by atoms with Gasteiger partial charge >= 0.3 is 5.97 Å². The van der Waals surface area contributed by atoms with E-state index in [1.165, 1.54) is 6.20 Å². The second kappa shape index (κ2) is 5.85. The van der Waals surface area contributed by atoms with Gasteiger partial charge < -0.3 is 10.0 Å². The van der Waals surface area contributed by atoms with Crippen molar-refractivity contribution in [1.82, 2.24) is 9.97 Å². The highest BCUT2D eigenvalue weighted by Crippen LogP contribution is 2.08. The monoisotopic (exact) mass is 221 g/mol. The van der Waals surface area contributed by atoms with E-state index in [4.69, 9.17) is 5.11 Å². The average molecular weight is 221 g/mol. The molecule has 0 atom stereocenters. The zero-order valence-corrected chi connectivity index (χ0v) is 9.26.